The topological polar surface area (TPSA) is 71.3 Å². The molecule has 0 unspecified atom stereocenters. The molecule has 0 aromatic carbocycles. The zero-order chi connectivity index (χ0) is 11.4. The van der Waals surface area contributed by atoms with Crippen LogP contribution in [-0.2, 0) is 4.79 Å². The molecule has 15 heavy (non-hydrogen) atoms. The lowest BCUT2D eigenvalue weighted by atomic mass is 10.3. The van der Waals surface area contributed by atoms with E-state index < -0.39 is 0 Å². The normalized spacial score (nSPS) is 10.1. The summed E-state index contributed by atoms with van der Waals surface area (Å²) < 4.78 is 5.11. The number of nitrogens with one attached hydrogen (secondary N) is 2. The van der Waals surface area contributed by atoms with Gasteiger partial charge in [0.2, 0.25) is 5.91 Å². The van der Waals surface area contributed by atoms with Gasteiger partial charge < -0.3 is 9.73 Å². The minimum Gasteiger partial charge on any atom is -0.435 e. The maximum absolute atomic E-state index is 11.4. The van der Waals surface area contributed by atoms with E-state index in [2.05, 4.69) is 10.6 Å². The van der Waals surface area contributed by atoms with Crippen LogP contribution in [0.3, 0.4) is 0 Å². The summed E-state index contributed by atoms with van der Waals surface area (Å²) >= 11 is 0. The summed E-state index contributed by atoms with van der Waals surface area (Å²) in [4.78, 5) is 22.1. The van der Waals surface area contributed by atoms with Gasteiger partial charge >= 0.3 is 0 Å². The Kier molecular flexibility index (Phi) is 3.49. The Hall–Kier alpha value is -1.78. The Morgan fingerprint density at radius 1 is 1.33 bits per heavy atom. The van der Waals surface area contributed by atoms with Crippen LogP contribution in [0.1, 0.15) is 31.3 Å². The van der Waals surface area contributed by atoms with Crippen LogP contribution < -0.4 is 10.6 Å². The first-order chi connectivity index (χ1) is 6.99. The summed E-state index contributed by atoms with van der Waals surface area (Å²) in [6, 6.07) is 3.10. The molecule has 1 rings (SSSR count). The summed E-state index contributed by atoms with van der Waals surface area (Å²) in [6.07, 6.45) is 0. The van der Waals surface area contributed by atoms with Crippen molar-refractivity contribution in [3.63, 3.8) is 0 Å². The van der Waals surface area contributed by atoms with E-state index in [1.54, 1.807) is 0 Å². The second-order valence-corrected chi connectivity index (χ2v) is 3.47. The van der Waals surface area contributed by atoms with E-state index in [9.17, 15) is 9.59 Å². The van der Waals surface area contributed by atoms with Crippen LogP contribution in [0.2, 0.25) is 0 Å². The number of carbonyl (C=O) groups excluding carboxylic acids is 2. The summed E-state index contributed by atoms with van der Waals surface area (Å²) in [5, 5.41) is 5.13. The van der Waals surface area contributed by atoms with Gasteiger partial charge in [0.25, 0.3) is 5.91 Å². The number of hydrogen-bond acceptors (Lipinski definition) is 3. The van der Waals surface area contributed by atoms with E-state index in [0.29, 0.717) is 0 Å². The van der Waals surface area contributed by atoms with Gasteiger partial charge in [0.1, 0.15) is 0 Å². The fraction of sp³-hybridized carbons (Fsp3) is 0.400. The monoisotopic (exact) mass is 210 g/mol. The fourth-order valence-corrected chi connectivity index (χ4v) is 1.03. The van der Waals surface area contributed by atoms with Gasteiger partial charge in [-0.15, -0.1) is 0 Å². The highest BCUT2D eigenvalue weighted by atomic mass is 16.4. The molecule has 82 valence electrons. The summed E-state index contributed by atoms with van der Waals surface area (Å²) in [5.41, 5.74) is 0. The average Bonchev–Trinajstić information content (AvgIpc) is 2.50. The molecule has 0 radical (unpaired) electrons. The van der Waals surface area contributed by atoms with E-state index >= 15 is 0 Å². The highest BCUT2D eigenvalue weighted by Crippen LogP contribution is 2.13. The molecule has 1 aromatic rings. The minimum absolute atomic E-state index is 0.0480. The molecule has 0 atom stereocenters. The quantitative estimate of drug-likeness (QED) is 0.791. The molecule has 1 aromatic heterocycles. The van der Waals surface area contributed by atoms with Crippen LogP contribution in [0.25, 0.3) is 0 Å². The number of hydrogen-bond donors (Lipinski definition) is 2. The molecule has 0 spiro atoms. The Balaban J connectivity index is 2.67. The van der Waals surface area contributed by atoms with Crippen molar-refractivity contribution < 1.29 is 14.0 Å². The summed E-state index contributed by atoms with van der Waals surface area (Å²) in [5.74, 6) is -0.0642. The van der Waals surface area contributed by atoms with Crippen LogP contribution in [0.5, 0.6) is 0 Å². The van der Waals surface area contributed by atoms with E-state index in [1.165, 1.54) is 19.1 Å². The van der Waals surface area contributed by atoms with E-state index in [1.807, 2.05) is 13.8 Å². The lowest BCUT2D eigenvalue weighted by molar-refractivity contribution is -0.114. The Morgan fingerprint density at radius 3 is 2.53 bits per heavy atom. The number of amides is 2. The van der Waals surface area contributed by atoms with Crippen molar-refractivity contribution in [3.05, 3.63) is 17.9 Å². The van der Waals surface area contributed by atoms with Crippen molar-refractivity contribution in [2.24, 2.45) is 0 Å². The SMILES string of the molecule is CC(=O)Nc1ccc(C(=O)NC(C)C)o1. The lowest BCUT2D eigenvalue weighted by Crippen LogP contribution is -2.29. The van der Waals surface area contributed by atoms with Crippen LogP contribution in [-0.4, -0.2) is 17.9 Å². The number of rotatable bonds is 3. The molecule has 0 bridgehead atoms. The van der Waals surface area contributed by atoms with Gasteiger partial charge in [0.15, 0.2) is 11.6 Å². The van der Waals surface area contributed by atoms with Crippen molar-refractivity contribution in [2.45, 2.75) is 26.8 Å². The van der Waals surface area contributed by atoms with Gasteiger partial charge in [0, 0.05) is 19.0 Å². The minimum atomic E-state index is -0.290. The van der Waals surface area contributed by atoms with Crippen molar-refractivity contribution >= 4 is 17.7 Å². The fourth-order valence-electron chi connectivity index (χ4n) is 1.03. The van der Waals surface area contributed by atoms with Crippen LogP contribution in [0.15, 0.2) is 16.5 Å². The first kappa shape index (κ1) is 11.3. The van der Waals surface area contributed by atoms with E-state index in [0.717, 1.165) is 0 Å². The van der Waals surface area contributed by atoms with Crippen molar-refractivity contribution in [2.75, 3.05) is 5.32 Å². The molecule has 0 saturated carbocycles. The van der Waals surface area contributed by atoms with Gasteiger partial charge in [0.05, 0.1) is 0 Å². The van der Waals surface area contributed by atoms with Crippen molar-refractivity contribution in [3.8, 4) is 0 Å². The van der Waals surface area contributed by atoms with E-state index in [4.69, 9.17) is 4.42 Å². The lowest BCUT2D eigenvalue weighted by Gasteiger charge is -2.05. The Bertz CT molecular complexity index is 368. The first-order valence-corrected chi connectivity index (χ1v) is 4.67. The van der Waals surface area contributed by atoms with Gasteiger partial charge in [-0.3, -0.25) is 14.9 Å². The van der Waals surface area contributed by atoms with Gasteiger partial charge in [-0.05, 0) is 19.9 Å². The number of carbonyl (C=O) groups is 2. The third kappa shape index (κ3) is 3.46. The summed E-state index contributed by atoms with van der Waals surface area (Å²) in [6.45, 7) is 5.08. The third-order valence-corrected chi connectivity index (χ3v) is 1.55. The average molecular weight is 210 g/mol. The maximum atomic E-state index is 11.4. The maximum Gasteiger partial charge on any atom is 0.287 e. The molecule has 2 amide bonds. The van der Waals surface area contributed by atoms with Gasteiger partial charge in [-0.25, -0.2) is 0 Å². The van der Waals surface area contributed by atoms with Crippen LogP contribution in [0, 0.1) is 0 Å². The Morgan fingerprint density at radius 2 is 2.00 bits per heavy atom. The molecule has 0 fully saturated rings. The predicted molar refractivity (Wildman–Crippen MR) is 55.6 cm³/mol. The molecule has 0 aliphatic heterocycles. The highest BCUT2D eigenvalue weighted by molar-refractivity contribution is 5.93. The number of anilines is 1. The van der Waals surface area contributed by atoms with Crippen molar-refractivity contribution in [1.29, 1.82) is 0 Å². The molecule has 1 heterocycles. The second-order valence-electron chi connectivity index (χ2n) is 3.47. The van der Waals surface area contributed by atoms with Crippen LogP contribution >= 0.6 is 0 Å². The van der Waals surface area contributed by atoms with Gasteiger partial charge in [-0.1, -0.05) is 0 Å². The summed E-state index contributed by atoms with van der Waals surface area (Å²) in [7, 11) is 0. The smallest absolute Gasteiger partial charge is 0.287 e. The highest BCUT2D eigenvalue weighted by Gasteiger charge is 2.12. The van der Waals surface area contributed by atoms with Crippen LogP contribution in [0.4, 0.5) is 5.88 Å². The molecule has 5 heteroatoms. The second kappa shape index (κ2) is 4.63. The molecular weight excluding hydrogens is 196 g/mol. The largest absolute Gasteiger partial charge is 0.435 e. The zero-order valence-electron chi connectivity index (χ0n) is 8.96. The molecule has 0 aliphatic carbocycles. The molecule has 2 N–H and O–H groups in total. The standard InChI is InChI=1S/C10H14N2O3/c1-6(2)11-10(14)8-4-5-9(15-8)12-7(3)13/h4-6H,1-3H3,(H,11,14)(H,12,13). The zero-order valence-corrected chi connectivity index (χ0v) is 8.96. The van der Waals surface area contributed by atoms with E-state index in [-0.39, 0.29) is 29.5 Å². The molecule has 0 saturated heterocycles. The van der Waals surface area contributed by atoms with Crippen molar-refractivity contribution in [1.82, 2.24) is 5.32 Å². The molecule has 5 nitrogen and oxygen atoms in total. The molecular formula is C10H14N2O3. The first-order valence-electron chi connectivity index (χ1n) is 4.67. The van der Waals surface area contributed by atoms with Gasteiger partial charge in [-0.2, -0.15) is 0 Å². The Labute approximate surface area is 87.8 Å². The third-order valence-electron chi connectivity index (χ3n) is 1.55. The molecule has 0 aliphatic rings. The number of furan rings is 1. The predicted octanol–water partition coefficient (Wildman–Crippen LogP) is 1.38.